The Bertz CT molecular complexity index is 494. The number of halogens is 3. The van der Waals surface area contributed by atoms with Gasteiger partial charge in [-0.25, -0.2) is 4.79 Å². The van der Waals surface area contributed by atoms with Gasteiger partial charge in [0, 0.05) is 6.08 Å². The van der Waals surface area contributed by atoms with Gasteiger partial charge in [0.1, 0.15) is 6.07 Å². The molecular formula is C10H4Cl3NO2. The Kier molecular flexibility index (Phi) is 4.19. The second kappa shape index (κ2) is 5.22. The molecule has 82 valence electrons. The molecule has 0 unspecified atom stereocenters. The molecule has 1 rings (SSSR count). The molecule has 0 fully saturated rings. The van der Waals surface area contributed by atoms with Gasteiger partial charge in [0.25, 0.3) is 0 Å². The molecule has 3 nitrogen and oxygen atoms in total. The van der Waals surface area contributed by atoms with Gasteiger partial charge in [-0.1, -0.05) is 34.8 Å². The lowest BCUT2D eigenvalue weighted by atomic mass is 10.1. The van der Waals surface area contributed by atoms with Crippen LogP contribution in [0.2, 0.25) is 15.1 Å². The number of carbonyl (C=O) groups is 1. The maximum atomic E-state index is 10.5. The van der Waals surface area contributed by atoms with Crippen LogP contribution in [0.3, 0.4) is 0 Å². The number of aliphatic carboxylic acids is 1. The number of benzene rings is 1. The van der Waals surface area contributed by atoms with Gasteiger partial charge in [0.05, 0.1) is 20.6 Å². The Morgan fingerprint density at radius 1 is 1.31 bits per heavy atom. The molecule has 1 aromatic carbocycles. The van der Waals surface area contributed by atoms with Crippen molar-refractivity contribution in [3.05, 3.63) is 38.8 Å². The van der Waals surface area contributed by atoms with E-state index in [2.05, 4.69) is 0 Å². The third kappa shape index (κ3) is 2.89. The molecule has 0 spiro atoms. The van der Waals surface area contributed by atoms with Crippen molar-refractivity contribution >= 4 is 46.3 Å². The van der Waals surface area contributed by atoms with Crippen molar-refractivity contribution in [2.24, 2.45) is 0 Å². The van der Waals surface area contributed by atoms with E-state index in [0.29, 0.717) is 5.56 Å². The van der Waals surface area contributed by atoms with Gasteiger partial charge in [0.2, 0.25) is 0 Å². The molecule has 0 saturated heterocycles. The first kappa shape index (κ1) is 12.9. The van der Waals surface area contributed by atoms with Gasteiger partial charge in [-0.15, -0.1) is 0 Å². The van der Waals surface area contributed by atoms with E-state index >= 15 is 0 Å². The quantitative estimate of drug-likeness (QED) is 0.509. The summed E-state index contributed by atoms with van der Waals surface area (Å²) in [5.41, 5.74) is 0.261. The van der Waals surface area contributed by atoms with E-state index in [9.17, 15) is 4.79 Å². The lowest BCUT2D eigenvalue weighted by molar-refractivity contribution is -0.131. The summed E-state index contributed by atoms with van der Waals surface area (Å²) in [5, 5.41) is 17.8. The van der Waals surface area contributed by atoms with Crippen molar-refractivity contribution in [3.8, 4) is 6.07 Å². The van der Waals surface area contributed by atoms with Crippen LogP contribution < -0.4 is 0 Å². The number of rotatable bonds is 2. The van der Waals surface area contributed by atoms with E-state index in [0.717, 1.165) is 6.08 Å². The molecule has 16 heavy (non-hydrogen) atoms. The summed E-state index contributed by atoms with van der Waals surface area (Å²) in [6.45, 7) is 0. The number of carboxylic acids is 1. The first-order chi connectivity index (χ1) is 7.45. The minimum atomic E-state index is -1.22. The fraction of sp³-hybridized carbons (Fsp3) is 0. The van der Waals surface area contributed by atoms with Crippen LogP contribution in [-0.2, 0) is 4.79 Å². The lowest BCUT2D eigenvalue weighted by Crippen LogP contribution is -1.91. The van der Waals surface area contributed by atoms with Crippen molar-refractivity contribution in [3.63, 3.8) is 0 Å². The van der Waals surface area contributed by atoms with E-state index in [1.54, 1.807) is 6.07 Å². The third-order valence-electron chi connectivity index (χ3n) is 1.68. The number of hydrogen-bond donors (Lipinski definition) is 1. The smallest absolute Gasteiger partial charge is 0.329 e. The predicted octanol–water partition coefficient (Wildman–Crippen LogP) is 3.64. The highest BCUT2D eigenvalue weighted by Crippen LogP contribution is 2.33. The number of hydrogen-bond acceptors (Lipinski definition) is 2. The summed E-state index contributed by atoms with van der Waals surface area (Å²) in [4.78, 5) is 10.5. The molecule has 0 radical (unpaired) electrons. The van der Waals surface area contributed by atoms with Crippen molar-refractivity contribution < 1.29 is 9.90 Å². The van der Waals surface area contributed by atoms with Crippen LogP contribution >= 0.6 is 34.8 Å². The van der Waals surface area contributed by atoms with Gasteiger partial charge in [-0.05, 0) is 17.7 Å². The van der Waals surface area contributed by atoms with Crippen LogP contribution in [0.5, 0.6) is 0 Å². The largest absolute Gasteiger partial charge is 0.478 e. The number of nitrogens with zero attached hydrogens (tertiary/aromatic N) is 1. The van der Waals surface area contributed by atoms with Crippen LogP contribution in [0.25, 0.3) is 5.57 Å². The molecular weight excluding hydrogens is 272 g/mol. The monoisotopic (exact) mass is 275 g/mol. The number of nitriles is 1. The Morgan fingerprint density at radius 2 is 1.81 bits per heavy atom. The van der Waals surface area contributed by atoms with E-state index in [1.165, 1.54) is 12.1 Å². The highest BCUT2D eigenvalue weighted by molar-refractivity contribution is 6.48. The molecule has 1 N–H and O–H groups in total. The Morgan fingerprint density at radius 3 is 2.19 bits per heavy atom. The summed E-state index contributed by atoms with van der Waals surface area (Å²) >= 11 is 17.2. The molecule has 0 atom stereocenters. The summed E-state index contributed by atoms with van der Waals surface area (Å²) in [5.74, 6) is -1.22. The number of allylic oxidation sites excluding steroid dienone is 1. The molecule has 6 heteroatoms. The summed E-state index contributed by atoms with van der Waals surface area (Å²) < 4.78 is 0. The van der Waals surface area contributed by atoms with Gasteiger partial charge >= 0.3 is 5.97 Å². The van der Waals surface area contributed by atoms with Crippen LogP contribution in [0.4, 0.5) is 0 Å². The summed E-state index contributed by atoms with van der Waals surface area (Å²) in [6.07, 6.45) is 0.774. The average molecular weight is 277 g/mol. The van der Waals surface area contributed by atoms with Gasteiger partial charge < -0.3 is 5.11 Å². The molecule has 0 amide bonds. The van der Waals surface area contributed by atoms with Crippen LogP contribution in [0.15, 0.2) is 18.2 Å². The first-order valence-corrected chi connectivity index (χ1v) is 5.08. The molecule has 0 aliphatic carbocycles. The molecule has 1 aromatic rings. The molecule has 0 saturated carbocycles. The Balaban J connectivity index is 3.34. The van der Waals surface area contributed by atoms with Crippen LogP contribution in [0.1, 0.15) is 5.56 Å². The number of carboxylic acid groups (broad SMARTS) is 1. The second-order valence-corrected chi connectivity index (χ2v) is 3.95. The maximum absolute atomic E-state index is 10.5. The summed E-state index contributed by atoms with van der Waals surface area (Å²) in [7, 11) is 0. The van der Waals surface area contributed by atoms with E-state index in [-0.39, 0.29) is 20.6 Å². The normalized spacial score (nSPS) is 11.0. The molecule has 0 aliphatic rings. The third-order valence-corrected chi connectivity index (χ3v) is 2.88. The molecule has 0 bridgehead atoms. The highest BCUT2D eigenvalue weighted by atomic mass is 35.5. The van der Waals surface area contributed by atoms with E-state index in [1.807, 2.05) is 0 Å². The zero-order valence-electron chi connectivity index (χ0n) is 7.67. The maximum Gasteiger partial charge on any atom is 0.329 e. The van der Waals surface area contributed by atoms with Gasteiger partial charge in [-0.2, -0.15) is 5.26 Å². The zero-order valence-corrected chi connectivity index (χ0v) is 9.94. The van der Waals surface area contributed by atoms with Crippen LogP contribution in [-0.4, -0.2) is 11.1 Å². The highest BCUT2D eigenvalue weighted by Gasteiger charge is 2.10. The SMILES string of the molecule is N#CC(=CC(=O)O)c1cc(Cl)c(Cl)c(Cl)c1. The van der Waals surface area contributed by atoms with E-state index in [4.69, 9.17) is 45.2 Å². The second-order valence-electron chi connectivity index (χ2n) is 2.76. The van der Waals surface area contributed by atoms with Crippen molar-refractivity contribution in [2.45, 2.75) is 0 Å². The lowest BCUT2D eigenvalue weighted by Gasteiger charge is -2.03. The molecule has 0 aliphatic heterocycles. The van der Waals surface area contributed by atoms with E-state index < -0.39 is 5.97 Å². The fourth-order valence-corrected chi connectivity index (χ4v) is 1.61. The fourth-order valence-electron chi connectivity index (χ4n) is 1.01. The van der Waals surface area contributed by atoms with Crippen molar-refractivity contribution in [1.29, 1.82) is 5.26 Å². The predicted molar refractivity (Wildman–Crippen MR) is 62.7 cm³/mol. The Labute approximate surface area is 106 Å². The standard InChI is InChI=1S/C10H4Cl3NO2/c11-7-1-5(2-8(12)10(7)13)6(4-14)3-9(15)16/h1-3H,(H,15,16). The Hall–Kier alpha value is -1.21. The zero-order chi connectivity index (χ0) is 12.3. The minimum absolute atomic E-state index is 0.0482. The summed E-state index contributed by atoms with van der Waals surface area (Å²) in [6, 6.07) is 4.51. The van der Waals surface area contributed by atoms with Gasteiger partial charge in [-0.3, -0.25) is 0 Å². The van der Waals surface area contributed by atoms with Crippen LogP contribution in [0, 0.1) is 11.3 Å². The van der Waals surface area contributed by atoms with Crippen molar-refractivity contribution in [1.82, 2.24) is 0 Å². The van der Waals surface area contributed by atoms with Gasteiger partial charge in [0.15, 0.2) is 0 Å². The molecule has 0 aromatic heterocycles. The molecule has 0 heterocycles. The van der Waals surface area contributed by atoms with Crippen molar-refractivity contribution in [2.75, 3.05) is 0 Å². The average Bonchev–Trinajstić information content (AvgIpc) is 2.21. The topological polar surface area (TPSA) is 61.1 Å². The first-order valence-electron chi connectivity index (χ1n) is 3.95. The minimum Gasteiger partial charge on any atom is -0.478 e.